The predicted molar refractivity (Wildman–Crippen MR) is 115 cm³/mol. The van der Waals surface area contributed by atoms with Crippen LogP contribution in [0.3, 0.4) is 0 Å². The van der Waals surface area contributed by atoms with Gasteiger partial charge < -0.3 is 9.47 Å². The number of hydrogen-bond donors (Lipinski definition) is 0. The summed E-state index contributed by atoms with van der Waals surface area (Å²) >= 11 is 0. The standard InChI is InChI=1S/C25H31F3O3/c1-2-3-4-5-6-7-11-14-23(25(26,27)28)31-24(29)21-15-17-22(18-16-21)30-19-20-12-9-8-10-13-20/h8-10,12-13,15-18,23H,2-7,11,14,19H2,1H3. The van der Waals surface area contributed by atoms with Crippen LogP contribution >= 0.6 is 0 Å². The van der Waals surface area contributed by atoms with Crippen molar-refractivity contribution in [3.05, 3.63) is 65.7 Å². The van der Waals surface area contributed by atoms with Gasteiger partial charge in [-0.15, -0.1) is 0 Å². The number of carbonyl (C=O) groups is 1. The third-order valence-electron chi connectivity index (χ3n) is 5.02. The molecular formula is C25H31F3O3. The van der Waals surface area contributed by atoms with Crippen molar-refractivity contribution in [2.75, 3.05) is 0 Å². The lowest BCUT2D eigenvalue weighted by atomic mass is 10.1. The fraction of sp³-hybridized carbons (Fsp3) is 0.480. The number of halogens is 3. The molecule has 6 heteroatoms. The van der Waals surface area contributed by atoms with Crippen molar-refractivity contribution in [1.29, 1.82) is 0 Å². The minimum Gasteiger partial charge on any atom is -0.489 e. The van der Waals surface area contributed by atoms with Gasteiger partial charge in [-0.2, -0.15) is 13.2 Å². The number of ether oxygens (including phenoxy) is 2. The average Bonchev–Trinajstić information content (AvgIpc) is 2.76. The molecule has 170 valence electrons. The second-order valence-electron chi connectivity index (χ2n) is 7.64. The van der Waals surface area contributed by atoms with Gasteiger partial charge in [0.1, 0.15) is 12.4 Å². The van der Waals surface area contributed by atoms with E-state index in [0.717, 1.165) is 37.7 Å². The van der Waals surface area contributed by atoms with E-state index in [4.69, 9.17) is 9.47 Å². The lowest BCUT2D eigenvalue weighted by Gasteiger charge is -2.20. The molecule has 2 rings (SSSR count). The number of esters is 1. The molecule has 0 aliphatic heterocycles. The summed E-state index contributed by atoms with van der Waals surface area (Å²) in [5.41, 5.74) is 1.06. The van der Waals surface area contributed by atoms with Crippen LogP contribution in [0.15, 0.2) is 54.6 Å². The zero-order valence-corrected chi connectivity index (χ0v) is 18.0. The third-order valence-corrected chi connectivity index (χ3v) is 5.02. The van der Waals surface area contributed by atoms with Crippen molar-refractivity contribution in [3.8, 4) is 5.75 Å². The summed E-state index contributed by atoms with van der Waals surface area (Å²) < 4.78 is 50.3. The number of benzene rings is 2. The van der Waals surface area contributed by atoms with Crippen LogP contribution < -0.4 is 4.74 Å². The first-order valence-corrected chi connectivity index (χ1v) is 10.9. The molecule has 0 bridgehead atoms. The van der Waals surface area contributed by atoms with Crippen LogP contribution in [-0.2, 0) is 11.3 Å². The van der Waals surface area contributed by atoms with E-state index in [1.54, 1.807) is 12.1 Å². The molecule has 0 fully saturated rings. The number of alkyl halides is 3. The molecule has 0 spiro atoms. The van der Waals surface area contributed by atoms with Crippen molar-refractivity contribution in [2.45, 2.75) is 77.2 Å². The quantitative estimate of drug-likeness (QED) is 0.241. The lowest BCUT2D eigenvalue weighted by Crippen LogP contribution is -2.33. The molecule has 31 heavy (non-hydrogen) atoms. The second-order valence-corrected chi connectivity index (χ2v) is 7.64. The van der Waals surface area contributed by atoms with Gasteiger partial charge >= 0.3 is 12.1 Å². The Kier molecular flexibility index (Phi) is 10.4. The minimum atomic E-state index is -4.57. The maximum Gasteiger partial charge on any atom is 0.425 e. The number of rotatable bonds is 13. The van der Waals surface area contributed by atoms with Gasteiger partial charge in [0.25, 0.3) is 0 Å². The minimum absolute atomic E-state index is 0.0703. The van der Waals surface area contributed by atoms with Crippen LogP contribution in [0, 0.1) is 0 Å². The van der Waals surface area contributed by atoms with Gasteiger partial charge in [-0.3, -0.25) is 0 Å². The van der Waals surface area contributed by atoms with Crippen molar-refractivity contribution in [2.24, 2.45) is 0 Å². The van der Waals surface area contributed by atoms with Crippen LogP contribution in [-0.4, -0.2) is 18.2 Å². The van der Waals surface area contributed by atoms with Gasteiger partial charge in [0.05, 0.1) is 5.56 Å². The fourth-order valence-corrected chi connectivity index (χ4v) is 3.20. The summed E-state index contributed by atoms with van der Waals surface area (Å²) in [6, 6.07) is 15.5. The van der Waals surface area contributed by atoms with Gasteiger partial charge in [-0.05, 0) is 42.7 Å². The van der Waals surface area contributed by atoms with Crippen LogP contribution in [0.5, 0.6) is 5.75 Å². The highest BCUT2D eigenvalue weighted by atomic mass is 19.4. The number of hydrogen-bond acceptors (Lipinski definition) is 3. The molecule has 0 heterocycles. The Bertz CT molecular complexity index is 758. The summed E-state index contributed by atoms with van der Waals surface area (Å²) in [4.78, 5) is 12.2. The average molecular weight is 437 g/mol. The van der Waals surface area contributed by atoms with E-state index in [1.807, 2.05) is 30.3 Å². The third kappa shape index (κ3) is 9.45. The number of carbonyl (C=O) groups excluding carboxylic acids is 1. The second kappa shape index (κ2) is 13.0. The molecule has 1 atom stereocenters. The van der Waals surface area contributed by atoms with E-state index in [2.05, 4.69) is 6.92 Å². The van der Waals surface area contributed by atoms with E-state index < -0.39 is 18.2 Å². The van der Waals surface area contributed by atoms with Crippen molar-refractivity contribution < 1.29 is 27.4 Å². The molecule has 0 saturated heterocycles. The number of unbranched alkanes of at least 4 members (excludes halogenated alkanes) is 6. The highest BCUT2D eigenvalue weighted by Crippen LogP contribution is 2.28. The van der Waals surface area contributed by atoms with Crippen LogP contribution in [0.1, 0.15) is 74.2 Å². The van der Waals surface area contributed by atoms with E-state index in [9.17, 15) is 18.0 Å². The maximum absolute atomic E-state index is 13.3. The van der Waals surface area contributed by atoms with Gasteiger partial charge in [0.15, 0.2) is 6.10 Å². The molecule has 0 aliphatic rings. The molecule has 2 aromatic rings. The SMILES string of the molecule is CCCCCCCCCC(OC(=O)c1ccc(OCc2ccccc2)cc1)C(F)(F)F. The topological polar surface area (TPSA) is 35.5 Å². The zero-order chi connectivity index (χ0) is 22.5. The molecule has 0 amide bonds. The van der Waals surface area contributed by atoms with Crippen LogP contribution in [0.25, 0.3) is 0 Å². The Balaban J connectivity index is 1.82. The monoisotopic (exact) mass is 436 g/mol. The van der Waals surface area contributed by atoms with Gasteiger partial charge in [0, 0.05) is 0 Å². The van der Waals surface area contributed by atoms with Gasteiger partial charge in [-0.25, -0.2) is 4.79 Å². The van der Waals surface area contributed by atoms with Crippen LogP contribution in [0.4, 0.5) is 13.2 Å². The summed E-state index contributed by atoms with van der Waals surface area (Å²) in [6.45, 7) is 2.48. The van der Waals surface area contributed by atoms with Crippen molar-refractivity contribution in [3.63, 3.8) is 0 Å². The Morgan fingerprint density at radius 3 is 2.10 bits per heavy atom. The molecular weight excluding hydrogens is 405 g/mol. The van der Waals surface area contributed by atoms with E-state index in [0.29, 0.717) is 25.2 Å². The molecule has 0 N–H and O–H groups in total. The molecule has 0 saturated carbocycles. The first-order valence-electron chi connectivity index (χ1n) is 10.9. The summed E-state index contributed by atoms with van der Waals surface area (Å²) in [7, 11) is 0. The van der Waals surface area contributed by atoms with Crippen molar-refractivity contribution >= 4 is 5.97 Å². The Labute approximate surface area is 182 Å². The van der Waals surface area contributed by atoms with Gasteiger partial charge in [0.2, 0.25) is 0 Å². The Morgan fingerprint density at radius 2 is 1.48 bits per heavy atom. The van der Waals surface area contributed by atoms with E-state index in [-0.39, 0.29) is 12.0 Å². The zero-order valence-electron chi connectivity index (χ0n) is 18.0. The largest absolute Gasteiger partial charge is 0.489 e. The van der Waals surface area contributed by atoms with Crippen molar-refractivity contribution in [1.82, 2.24) is 0 Å². The molecule has 2 aromatic carbocycles. The Hall–Kier alpha value is -2.50. The summed E-state index contributed by atoms with van der Waals surface area (Å²) in [5, 5.41) is 0. The maximum atomic E-state index is 13.3. The highest BCUT2D eigenvalue weighted by molar-refractivity contribution is 5.89. The highest BCUT2D eigenvalue weighted by Gasteiger charge is 2.42. The molecule has 0 aliphatic carbocycles. The Morgan fingerprint density at radius 1 is 0.871 bits per heavy atom. The predicted octanol–water partition coefficient (Wildman–Crippen LogP) is 7.49. The van der Waals surface area contributed by atoms with E-state index in [1.165, 1.54) is 12.1 Å². The normalized spacial score (nSPS) is 12.4. The first kappa shape index (κ1) is 24.8. The molecule has 0 aromatic heterocycles. The van der Waals surface area contributed by atoms with E-state index >= 15 is 0 Å². The first-order chi connectivity index (χ1) is 14.9. The molecule has 3 nitrogen and oxygen atoms in total. The smallest absolute Gasteiger partial charge is 0.425 e. The van der Waals surface area contributed by atoms with Crippen LogP contribution in [0.2, 0.25) is 0 Å². The summed E-state index contributed by atoms with van der Waals surface area (Å²) in [5.74, 6) is -0.448. The lowest BCUT2D eigenvalue weighted by molar-refractivity contribution is -0.206. The molecule has 1 unspecified atom stereocenters. The summed E-state index contributed by atoms with van der Waals surface area (Å²) in [6.07, 6.45) is -0.435. The molecule has 0 radical (unpaired) electrons. The fourth-order valence-electron chi connectivity index (χ4n) is 3.20. The van der Waals surface area contributed by atoms with Gasteiger partial charge in [-0.1, -0.05) is 75.8 Å².